The Morgan fingerprint density at radius 1 is 1.00 bits per heavy atom. The minimum Gasteiger partial charge on any atom is -0.493 e. The van der Waals surface area contributed by atoms with Gasteiger partial charge in [-0.25, -0.2) is 0 Å². The van der Waals surface area contributed by atoms with Gasteiger partial charge in [-0.15, -0.1) is 0 Å². The smallest absolute Gasteiger partial charge is 0.161 e. The van der Waals surface area contributed by atoms with Crippen molar-refractivity contribution in [3.8, 4) is 11.5 Å². The number of unbranched alkanes of at least 4 members (excludes halogenated alkanes) is 4. The van der Waals surface area contributed by atoms with Crippen LogP contribution in [0.5, 0.6) is 11.5 Å². The first-order valence-corrected chi connectivity index (χ1v) is 7.20. The first-order valence-electron chi connectivity index (χ1n) is 7.20. The van der Waals surface area contributed by atoms with Crippen molar-refractivity contribution in [3.05, 3.63) is 23.8 Å². The van der Waals surface area contributed by atoms with E-state index in [4.69, 9.17) is 15.2 Å². The molecule has 0 bridgehead atoms. The fourth-order valence-corrected chi connectivity index (χ4v) is 2.22. The van der Waals surface area contributed by atoms with E-state index in [1.807, 2.05) is 18.2 Å². The number of methoxy groups -OCH3 is 2. The molecule has 108 valence electrons. The Bertz CT molecular complexity index is 366. The molecule has 0 amide bonds. The molecule has 0 fully saturated rings. The lowest BCUT2D eigenvalue weighted by molar-refractivity contribution is 0.354. The van der Waals surface area contributed by atoms with Crippen LogP contribution in [0.2, 0.25) is 0 Å². The van der Waals surface area contributed by atoms with Gasteiger partial charge in [0.1, 0.15) is 0 Å². The minimum atomic E-state index is 0.0847. The molecule has 1 atom stereocenters. The van der Waals surface area contributed by atoms with E-state index < -0.39 is 0 Å². The van der Waals surface area contributed by atoms with Crippen LogP contribution < -0.4 is 15.2 Å². The standard InChI is InChI=1S/C16H27NO2/c1-4-5-6-7-8-9-14(17)13-10-11-15(18-2)16(12-13)19-3/h10-12,14H,4-9,17H2,1-3H3. The summed E-state index contributed by atoms with van der Waals surface area (Å²) >= 11 is 0. The summed E-state index contributed by atoms with van der Waals surface area (Å²) in [7, 11) is 3.29. The maximum absolute atomic E-state index is 6.23. The van der Waals surface area contributed by atoms with Crippen LogP contribution in [-0.4, -0.2) is 14.2 Å². The van der Waals surface area contributed by atoms with Crippen molar-refractivity contribution < 1.29 is 9.47 Å². The molecule has 2 N–H and O–H groups in total. The van der Waals surface area contributed by atoms with Crippen molar-refractivity contribution in [2.75, 3.05) is 14.2 Å². The predicted octanol–water partition coefficient (Wildman–Crippen LogP) is 4.06. The van der Waals surface area contributed by atoms with E-state index in [9.17, 15) is 0 Å². The highest BCUT2D eigenvalue weighted by atomic mass is 16.5. The van der Waals surface area contributed by atoms with Gasteiger partial charge in [0, 0.05) is 6.04 Å². The molecule has 0 saturated carbocycles. The van der Waals surface area contributed by atoms with E-state index >= 15 is 0 Å². The van der Waals surface area contributed by atoms with Crippen molar-refractivity contribution >= 4 is 0 Å². The third-order valence-electron chi connectivity index (χ3n) is 3.45. The molecule has 0 aliphatic rings. The average molecular weight is 265 g/mol. The summed E-state index contributed by atoms with van der Waals surface area (Å²) in [6.07, 6.45) is 7.41. The predicted molar refractivity (Wildman–Crippen MR) is 79.9 cm³/mol. The van der Waals surface area contributed by atoms with Crippen molar-refractivity contribution in [1.29, 1.82) is 0 Å². The van der Waals surface area contributed by atoms with Crippen LogP contribution in [0.3, 0.4) is 0 Å². The highest BCUT2D eigenvalue weighted by Gasteiger charge is 2.10. The van der Waals surface area contributed by atoms with E-state index in [-0.39, 0.29) is 6.04 Å². The highest BCUT2D eigenvalue weighted by molar-refractivity contribution is 5.43. The van der Waals surface area contributed by atoms with Gasteiger partial charge >= 0.3 is 0 Å². The second kappa shape index (κ2) is 8.81. The fourth-order valence-electron chi connectivity index (χ4n) is 2.22. The highest BCUT2D eigenvalue weighted by Crippen LogP contribution is 2.30. The summed E-state index contributed by atoms with van der Waals surface area (Å²) in [6, 6.07) is 6.01. The van der Waals surface area contributed by atoms with E-state index in [1.165, 1.54) is 32.1 Å². The van der Waals surface area contributed by atoms with Gasteiger partial charge in [0.05, 0.1) is 14.2 Å². The average Bonchev–Trinajstić information content (AvgIpc) is 2.46. The lowest BCUT2D eigenvalue weighted by Crippen LogP contribution is -2.10. The van der Waals surface area contributed by atoms with Crippen molar-refractivity contribution in [1.82, 2.24) is 0 Å². The lowest BCUT2D eigenvalue weighted by Gasteiger charge is -2.15. The molecular weight excluding hydrogens is 238 g/mol. The first-order chi connectivity index (χ1) is 9.22. The van der Waals surface area contributed by atoms with Crippen molar-refractivity contribution in [2.24, 2.45) is 5.73 Å². The fraction of sp³-hybridized carbons (Fsp3) is 0.625. The molecule has 0 heterocycles. The van der Waals surface area contributed by atoms with Gasteiger partial charge in [0.25, 0.3) is 0 Å². The largest absolute Gasteiger partial charge is 0.493 e. The molecule has 3 nitrogen and oxygen atoms in total. The summed E-state index contributed by atoms with van der Waals surface area (Å²) in [6.45, 7) is 2.23. The molecule has 3 heteroatoms. The summed E-state index contributed by atoms with van der Waals surface area (Å²) in [5, 5.41) is 0. The summed E-state index contributed by atoms with van der Waals surface area (Å²) in [5.74, 6) is 1.50. The van der Waals surface area contributed by atoms with Crippen molar-refractivity contribution in [2.45, 2.75) is 51.5 Å². The van der Waals surface area contributed by atoms with Crippen LogP contribution in [-0.2, 0) is 0 Å². The Hall–Kier alpha value is -1.22. The van der Waals surface area contributed by atoms with Crippen molar-refractivity contribution in [3.63, 3.8) is 0 Å². The Kier molecular flexibility index (Phi) is 7.34. The van der Waals surface area contributed by atoms with E-state index in [1.54, 1.807) is 14.2 Å². The van der Waals surface area contributed by atoms with Crippen LogP contribution in [0.25, 0.3) is 0 Å². The Morgan fingerprint density at radius 2 is 1.68 bits per heavy atom. The van der Waals surface area contributed by atoms with E-state index in [0.717, 1.165) is 23.5 Å². The van der Waals surface area contributed by atoms with Gasteiger partial charge in [-0.3, -0.25) is 0 Å². The van der Waals surface area contributed by atoms with Crippen LogP contribution in [0.15, 0.2) is 18.2 Å². The topological polar surface area (TPSA) is 44.5 Å². The lowest BCUT2D eigenvalue weighted by atomic mass is 10.00. The van der Waals surface area contributed by atoms with Crippen LogP contribution in [0.1, 0.15) is 57.1 Å². The first kappa shape index (κ1) is 15.8. The summed E-state index contributed by atoms with van der Waals surface area (Å²) in [4.78, 5) is 0. The summed E-state index contributed by atoms with van der Waals surface area (Å²) < 4.78 is 10.5. The number of nitrogens with two attached hydrogens (primary N) is 1. The van der Waals surface area contributed by atoms with E-state index in [0.29, 0.717) is 0 Å². The van der Waals surface area contributed by atoms with Gasteiger partial charge in [0.15, 0.2) is 11.5 Å². The van der Waals surface area contributed by atoms with Gasteiger partial charge < -0.3 is 15.2 Å². The monoisotopic (exact) mass is 265 g/mol. The molecule has 0 radical (unpaired) electrons. The van der Waals surface area contributed by atoms with Crippen LogP contribution >= 0.6 is 0 Å². The van der Waals surface area contributed by atoms with Gasteiger partial charge in [-0.2, -0.15) is 0 Å². The number of hydrogen-bond acceptors (Lipinski definition) is 3. The quantitative estimate of drug-likeness (QED) is 0.685. The number of hydrogen-bond donors (Lipinski definition) is 1. The van der Waals surface area contributed by atoms with Gasteiger partial charge in [-0.05, 0) is 24.1 Å². The van der Waals surface area contributed by atoms with Gasteiger partial charge in [0.2, 0.25) is 0 Å². The molecule has 0 saturated heterocycles. The van der Waals surface area contributed by atoms with Crippen LogP contribution in [0, 0.1) is 0 Å². The number of benzene rings is 1. The molecule has 1 unspecified atom stereocenters. The molecule has 19 heavy (non-hydrogen) atoms. The minimum absolute atomic E-state index is 0.0847. The zero-order chi connectivity index (χ0) is 14.1. The Morgan fingerprint density at radius 3 is 2.32 bits per heavy atom. The molecule has 1 rings (SSSR count). The SMILES string of the molecule is CCCCCCCC(N)c1ccc(OC)c(OC)c1. The molecule has 0 aromatic heterocycles. The summed E-state index contributed by atoms with van der Waals surface area (Å²) in [5.41, 5.74) is 7.35. The number of rotatable bonds is 9. The Labute approximate surface area is 117 Å². The third kappa shape index (κ3) is 5.11. The molecule has 1 aromatic rings. The molecule has 0 aliphatic heterocycles. The maximum Gasteiger partial charge on any atom is 0.161 e. The Balaban J connectivity index is 2.49. The second-order valence-corrected chi connectivity index (χ2v) is 4.92. The molecule has 1 aromatic carbocycles. The zero-order valence-electron chi connectivity index (χ0n) is 12.4. The third-order valence-corrected chi connectivity index (χ3v) is 3.45. The molecular formula is C16H27NO2. The molecule has 0 aliphatic carbocycles. The number of ether oxygens (including phenoxy) is 2. The normalized spacial score (nSPS) is 12.2. The molecule has 0 spiro atoms. The second-order valence-electron chi connectivity index (χ2n) is 4.92. The zero-order valence-corrected chi connectivity index (χ0v) is 12.4. The van der Waals surface area contributed by atoms with E-state index in [2.05, 4.69) is 6.92 Å². The maximum atomic E-state index is 6.23. The van der Waals surface area contributed by atoms with Crippen LogP contribution in [0.4, 0.5) is 0 Å². The van der Waals surface area contributed by atoms with Gasteiger partial charge in [-0.1, -0.05) is 45.1 Å².